The monoisotopic (exact) mass is 302 g/mol. The molecule has 1 atom stereocenters. The molecule has 1 unspecified atom stereocenters. The first-order valence-corrected chi connectivity index (χ1v) is 8.23. The third-order valence-corrected chi connectivity index (χ3v) is 5.42. The Hall–Kier alpha value is -1.46. The number of para-hydroxylation sites is 1. The third kappa shape index (κ3) is 2.42. The van der Waals surface area contributed by atoms with E-state index in [0.717, 1.165) is 37.5 Å². The highest BCUT2D eigenvalue weighted by Gasteiger charge is 2.42. The van der Waals surface area contributed by atoms with E-state index < -0.39 is 0 Å². The molecule has 4 nitrogen and oxygen atoms in total. The number of H-pyrrole nitrogens is 1. The number of aromatic nitrogens is 2. The summed E-state index contributed by atoms with van der Waals surface area (Å²) < 4.78 is 13.8. The minimum absolute atomic E-state index is 0.246. The minimum atomic E-state index is -0.246. The fourth-order valence-corrected chi connectivity index (χ4v) is 4.25. The van der Waals surface area contributed by atoms with Gasteiger partial charge in [0.25, 0.3) is 0 Å². The van der Waals surface area contributed by atoms with Crippen molar-refractivity contribution in [2.75, 3.05) is 19.6 Å². The summed E-state index contributed by atoms with van der Waals surface area (Å²) in [5, 5.41) is 3.46. The highest BCUT2D eigenvalue weighted by Crippen LogP contribution is 2.42. The molecular weight excluding hydrogens is 279 g/mol. The van der Waals surface area contributed by atoms with Gasteiger partial charge in [0.05, 0.1) is 12.1 Å². The molecule has 0 amide bonds. The average molecular weight is 302 g/mol. The number of piperidine rings is 1. The SMILES string of the molecule is CC1CC2(CCNCC2)CN1Cc1nc2c(F)cccc2[nH]1. The Bertz CT molecular complexity index is 674. The molecule has 0 radical (unpaired) electrons. The molecule has 5 heteroatoms. The van der Waals surface area contributed by atoms with Gasteiger partial charge >= 0.3 is 0 Å². The van der Waals surface area contributed by atoms with Crippen molar-refractivity contribution in [1.29, 1.82) is 0 Å². The summed E-state index contributed by atoms with van der Waals surface area (Å²) in [5.74, 6) is 0.627. The van der Waals surface area contributed by atoms with Crippen LogP contribution < -0.4 is 5.32 Å². The van der Waals surface area contributed by atoms with E-state index >= 15 is 0 Å². The highest BCUT2D eigenvalue weighted by atomic mass is 19.1. The Morgan fingerprint density at radius 1 is 1.36 bits per heavy atom. The van der Waals surface area contributed by atoms with E-state index in [1.165, 1.54) is 25.3 Å². The van der Waals surface area contributed by atoms with E-state index in [0.29, 0.717) is 17.0 Å². The normalized spacial score (nSPS) is 25.3. The van der Waals surface area contributed by atoms with E-state index in [1.54, 1.807) is 6.07 Å². The Morgan fingerprint density at radius 3 is 2.95 bits per heavy atom. The van der Waals surface area contributed by atoms with Crippen molar-refractivity contribution < 1.29 is 4.39 Å². The lowest BCUT2D eigenvalue weighted by Crippen LogP contribution is -2.38. The van der Waals surface area contributed by atoms with Gasteiger partial charge in [-0.3, -0.25) is 4.90 Å². The molecule has 2 aliphatic heterocycles. The molecular formula is C17H23FN4. The predicted molar refractivity (Wildman–Crippen MR) is 85.1 cm³/mol. The van der Waals surface area contributed by atoms with Crippen LogP contribution in [-0.4, -0.2) is 40.5 Å². The van der Waals surface area contributed by atoms with Gasteiger partial charge in [-0.15, -0.1) is 0 Å². The Morgan fingerprint density at radius 2 is 2.18 bits per heavy atom. The molecule has 2 fully saturated rings. The van der Waals surface area contributed by atoms with Gasteiger partial charge in [0.2, 0.25) is 0 Å². The summed E-state index contributed by atoms with van der Waals surface area (Å²) in [6, 6.07) is 5.64. The number of rotatable bonds is 2. The third-order valence-electron chi connectivity index (χ3n) is 5.42. The second-order valence-corrected chi connectivity index (χ2v) is 7.03. The lowest BCUT2D eigenvalue weighted by atomic mass is 9.77. The van der Waals surface area contributed by atoms with E-state index in [4.69, 9.17) is 0 Å². The standard InChI is InChI=1S/C17H23FN4/c1-12-9-17(5-7-19-8-6-17)11-22(12)10-15-20-14-4-2-3-13(18)16(14)21-15/h2-4,12,19H,5-11H2,1H3,(H,20,21). The largest absolute Gasteiger partial charge is 0.341 e. The number of benzene rings is 1. The molecule has 2 saturated heterocycles. The topological polar surface area (TPSA) is 44.0 Å². The molecule has 2 aromatic rings. The van der Waals surface area contributed by atoms with Crippen LogP contribution in [0, 0.1) is 11.2 Å². The zero-order chi connectivity index (χ0) is 15.2. The maximum Gasteiger partial charge on any atom is 0.151 e. The van der Waals surface area contributed by atoms with E-state index in [2.05, 4.69) is 27.1 Å². The number of aromatic amines is 1. The molecule has 4 rings (SSSR count). The number of hydrogen-bond donors (Lipinski definition) is 2. The Balaban J connectivity index is 1.53. The van der Waals surface area contributed by atoms with Crippen LogP contribution in [0.5, 0.6) is 0 Å². The predicted octanol–water partition coefficient (Wildman–Crippen LogP) is 2.67. The van der Waals surface area contributed by atoms with Crippen LogP contribution in [0.4, 0.5) is 4.39 Å². The smallest absolute Gasteiger partial charge is 0.151 e. The molecule has 2 aliphatic rings. The van der Waals surface area contributed by atoms with Gasteiger partial charge in [-0.2, -0.15) is 0 Å². The summed E-state index contributed by atoms with van der Waals surface area (Å²) in [5.41, 5.74) is 1.72. The van der Waals surface area contributed by atoms with Gasteiger partial charge in [-0.1, -0.05) is 6.07 Å². The lowest BCUT2D eigenvalue weighted by molar-refractivity contribution is 0.188. The summed E-state index contributed by atoms with van der Waals surface area (Å²) >= 11 is 0. The van der Waals surface area contributed by atoms with Crippen molar-refractivity contribution in [3.63, 3.8) is 0 Å². The first-order chi connectivity index (χ1) is 10.7. The fourth-order valence-electron chi connectivity index (χ4n) is 4.25. The van der Waals surface area contributed by atoms with Gasteiger partial charge in [0, 0.05) is 12.6 Å². The maximum absolute atomic E-state index is 13.8. The second-order valence-electron chi connectivity index (χ2n) is 7.03. The van der Waals surface area contributed by atoms with Gasteiger partial charge in [-0.05, 0) is 56.8 Å². The molecule has 0 saturated carbocycles. The number of nitrogens with one attached hydrogen (secondary N) is 2. The average Bonchev–Trinajstić information content (AvgIpc) is 3.03. The van der Waals surface area contributed by atoms with E-state index in [9.17, 15) is 4.39 Å². The summed E-state index contributed by atoms with van der Waals surface area (Å²) in [7, 11) is 0. The quantitative estimate of drug-likeness (QED) is 0.896. The zero-order valence-corrected chi connectivity index (χ0v) is 13.0. The maximum atomic E-state index is 13.8. The van der Waals surface area contributed by atoms with Gasteiger partial charge < -0.3 is 10.3 Å². The molecule has 0 bridgehead atoms. The molecule has 1 aromatic heterocycles. The summed E-state index contributed by atoms with van der Waals surface area (Å²) in [4.78, 5) is 10.2. The van der Waals surface area contributed by atoms with Crippen molar-refractivity contribution in [3.8, 4) is 0 Å². The Labute approximate surface area is 130 Å². The van der Waals surface area contributed by atoms with Crippen molar-refractivity contribution in [2.24, 2.45) is 5.41 Å². The van der Waals surface area contributed by atoms with Crippen LogP contribution in [0.15, 0.2) is 18.2 Å². The molecule has 0 aliphatic carbocycles. The molecule has 1 spiro atoms. The van der Waals surface area contributed by atoms with Crippen LogP contribution >= 0.6 is 0 Å². The molecule has 22 heavy (non-hydrogen) atoms. The van der Waals surface area contributed by atoms with Crippen molar-refractivity contribution in [2.45, 2.75) is 38.8 Å². The first kappa shape index (κ1) is 14.2. The van der Waals surface area contributed by atoms with Crippen molar-refractivity contribution in [1.82, 2.24) is 20.2 Å². The Kier molecular flexibility index (Phi) is 3.42. The molecule has 3 heterocycles. The number of imidazole rings is 1. The first-order valence-electron chi connectivity index (χ1n) is 8.23. The van der Waals surface area contributed by atoms with E-state index in [1.807, 2.05) is 6.07 Å². The summed E-state index contributed by atoms with van der Waals surface area (Å²) in [6.07, 6.45) is 3.80. The number of fused-ring (bicyclic) bond motifs is 1. The second kappa shape index (κ2) is 5.32. The van der Waals surface area contributed by atoms with Gasteiger partial charge in [0.15, 0.2) is 5.82 Å². The molecule has 118 valence electrons. The zero-order valence-electron chi connectivity index (χ0n) is 13.0. The van der Waals surface area contributed by atoms with Crippen LogP contribution in [0.1, 0.15) is 32.0 Å². The van der Waals surface area contributed by atoms with Crippen LogP contribution in [0.2, 0.25) is 0 Å². The molecule has 2 N–H and O–H groups in total. The van der Waals surface area contributed by atoms with Crippen molar-refractivity contribution in [3.05, 3.63) is 29.8 Å². The van der Waals surface area contributed by atoms with Crippen LogP contribution in [0.25, 0.3) is 11.0 Å². The fraction of sp³-hybridized carbons (Fsp3) is 0.588. The molecule has 1 aromatic carbocycles. The number of likely N-dealkylation sites (tertiary alicyclic amines) is 1. The van der Waals surface area contributed by atoms with Gasteiger partial charge in [-0.25, -0.2) is 9.37 Å². The van der Waals surface area contributed by atoms with Crippen molar-refractivity contribution >= 4 is 11.0 Å². The summed E-state index contributed by atoms with van der Waals surface area (Å²) in [6.45, 7) is 6.49. The van der Waals surface area contributed by atoms with Crippen LogP contribution in [0.3, 0.4) is 0 Å². The van der Waals surface area contributed by atoms with E-state index in [-0.39, 0.29) is 5.82 Å². The lowest BCUT2D eigenvalue weighted by Gasteiger charge is -2.33. The number of hydrogen-bond acceptors (Lipinski definition) is 3. The van der Waals surface area contributed by atoms with Crippen LogP contribution in [-0.2, 0) is 6.54 Å². The number of halogens is 1. The minimum Gasteiger partial charge on any atom is -0.341 e. The van der Waals surface area contributed by atoms with Gasteiger partial charge in [0.1, 0.15) is 11.3 Å². The number of nitrogens with zero attached hydrogens (tertiary/aromatic N) is 2. The highest BCUT2D eigenvalue weighted by molar-refractivity contribution is 5.75.